The number of hydrogen-bond donors (Lipinski definition) is 2. The Morgan fingerprint density at radius 3 is 2.25 bits per heavy atom. The first-order valence-corrected chi connectivity index (χ1v) is 7.40. The van der Waals surface area contributed by atoms with Crippen LogP contribution in [0.5, 0.6) is 11.5 Å². The quantitative estimate of drug-likeness (QED) is 0.850. The first kappa shape index (κ1) is 17.3. The smallest absolute Gasteiger partial charge is 0.337 e. The van der Waals surface area contributed by atoms with Gasteiger partial charge in [-0.15, -0.1) is 0 Å². The van der Waals surface area contributed by atoms with Gasteiger partial charge in [-0.3, -0.25) is 4.79 Å². The zero-order valence-corrected chi connectivity index (χ0v) is 13.8. The number of carboxylic acids is 1. The Labute approximate surface area is 140 Å². The van der Waals surface area contributed by atoms with Gasteiger partial charge >= 0.3 is 5.97 Å². The number of rotatable bonds is 6. The normalized spacial score (nSPS) is 10.1. The lowest BCUT2D eigenvalue weighted by Gasteiger charge is -2.15. The van der Waals surface area contributed by atoms with Gasteiger partial charge in [-0.25, -0.2) is 4.79 Å². The third kappa shape index (κ3) is 3.48. The molecule has 2 aromatic carbocycles. The number of carboxylic acid groups (broad SMARTS) is 1. The van der Waals surface area contributed by atoms with Crippen molar-refractivity contribution in [3.8, 4) is 11.5 Å². The molecule has 0 heterocycles. The number of carbonyl (C=O) groups excluding carboxylic acids is 1. The minimum atomic E-state index is -1.10. The molecule has 0 fully saturated rings. The molecule has 0 saturated carbocycles. The van der Waals surface area contributed by atoms with Gasteiger partial charge in [0, 0.05) is 5.56 Å². The fourth-order valence-electron chi connectivity index (χ4n) is 2.39. The van der Waals surface area contributed by atoms with E-state index in [9.17, 15) is 14.7 Å². The van der Waals surface area contributed by atoms with Gasteiger partial charge in [0.25, 0.3) is 5.91 Å². The van der Waals surface area contributed by atoms with Crippen molar-refractivity contribution in [2.75, 3.05) is 19.5 Å². The molecule has 1 amide bonds. The van der Waals surface area contributed by atoms with E-state index in [1.807, 2.05) is 6.92 Å². The van der Waals surface area contributed by atoms with Gasteiger partial charge in [0.05, 0.1) is 25.5 Å². The highest BCUT2D eigenvalue weighted by atomic mass is 16.5. The second-order valence-corrected chi connectivity index (χ2v) is 5.02. The summed E-state index contributed by atoms with van der Waals surface area (Å²) >= 11 is 0. The number of nitrogens with one attached hydrogen (secondary N) is 1. The predicted octanol–water partition coefficient (Wildman–Crippen LogP) is 3.22. The van der Waals surface area contributed by atoms with E-state index in [2.05, 4.69) is 5.32 Å². The maximum atomic E-state index is 12.6. The van der Waals surface area contributed by atoms with Crippen LogP contribution in [0.4, 0.5) is 5.69 Å². The molecule has 126 valence electrons. The number of hydrogen-bond acceptors (Lipinski definition) is 4. The molecule has 0 aliphatic heterocycles. The second-order valence-electron chi connectivity index (χ2n) is 5.02. The van der Waals surface area contributed by atoms with Gasteiger partial charge in [-0.1, -0.05) is 19.1 Å². The summed E-state index contributed by atoms with van der Waals surface area (Å²) < 4.78 is 10.5. The molecular weight excluding hydrogens is 310 g/mol. The molecule has 0 aliphatic rings. The van der Waals surface area contributed by atoms with Crippen molar-refractivity contribution in [1.82, 2.24) is 0 Å². The Hall–Kier alpha value is -3.02. The lowest BCUT2D eigenvalue weighted by molar-refractivity contribution is 0.0698. The molecule has 2 aromatic rings. The number of amides is 1. The highest BCUT2D eigenvalue weighted by molar-refractivity contribution is 6.08. The van der Waals surface area contributed by atoms with Crippen molar-refractivity contribution in [3.63, 3.8) is 0 Å². The summed E-state index contributed by atoms with van der Waals surface area (Å²) in [5, 5.41) is 11.9. The molecule has 0 bridgehead atoms. The zero-order chi connectivity index (χ0) is 17.7. The van der Waals surface area contributed by atoms with Gasteiger partial charge in [0.15, 0.2) is 11.5 Å². The average molecular weight is 329 g/mol. The lowest BCUT2D eigenvalue weighted by Crippen LogP contribution is -2.16. The first-order valence-electron chi connectivity index (χ1n) is 7.40. The number of para-hydroxylation sites is 1. The largest absolute Gasteiger partial charge is 0.493 e. The highest BCUT2D eigenvalue weighted by Gasteiger charge is 2.18. The van der Waals surface area contributed by atoms with Crippen molar-refractivity contribution in [3.05, 3.63) is 53.1 Å². The minimum absolute atomic E-state index is 0.0318. The Morgan fingerprint density at radius 2 is 1.67 bits per heavy atom. The molecule has 6 heteroatoms. The molecule has 24 heavy (non-hydrogen) atoms. The van der Waals surface area contributed by atoms with E-state index < -0.39 is 11.9 Å². The van der Waals surface area contributed by atoms with E-state index in [0.29, 0.717) is 23.5 Å². The molecule has 2 rings (SSSR count). The molecule has 0 saturated heterocycles. The van der Waals surface area contributed by atoms with E-state index >= 15 is 0 Å². The van der Waals surface area contributed by atoms with Gasteiger partial charge < -0.3 is 19.9 Å². The molecule has 6 nitrogen and oxygen atoms in total. The average Bonchev–Trinajstić information content (AvgIpc) is 2.60. The third-order valence-corrected chi connectivity index (χ3v) is 3.64. The van der Waals surface area contributed by atoms with Gasteiger partial charge in [0.1, 0.15) is 0 Å². The summed E-state index contributed by atoms with van der Waals surface area (Å²) in [7, 11) is 3.02. The summed E-state index contributed by atoms with van der Waals surface area (Å²) in [5.74, 6) is -0.529. The molecule has 0 aliphatic carbocycles. The van der Waals surface area contributed by atoms with E-state index in [4.69, 9.17) is 9.47 Å². The van der Waals surface area contributed by atoms with E-state index in [1.54, 1.807) is 30.3 Å². The number of anilines is 1. The Kier molecular flexibility index (Phi) is 5.42. The monoisotopic (exact) mass is 329 g/mol. The summed E-state index contributed by atoms with van der Waals surface area (Å²) in [4.78, 5) is 23.9. The van der Waals surface area contributed by atoms with Crippen molar-refractivity contribution >= 4 is 17.6 Å². The summed E-state index contributed by atoms with van der Waals surface area (Å²) in [6.07, 6.45) is 0.615. The van der Waals surface area contributed by atoms with Crippen molar-refractivity contribution in [2.24, 2.45) is 0 Å². The Balaban J connectivity index is 2.42. The van der Waals surface area contributed by atoms with Crippen molar-refractivity contribution in [1.29, 1.82) is 0 Å². The number of methoxy groups -OCH3 is 2. The number of aryl methyl sites for hydroxylation is 1. The van der Waals surface area contributed by atoms with Gasteiger partial charge in [-0.05, 0) is 36.2 Å². The fraction of sp³-hybridized carbons (Fsp3) is 0.222. The molecule has 0 unspecified atom stereocenters. The minimum Gasteiger partial charge on any atom is -0.493 e. The molecule has 2 N–H and O–H groups in total. The molecule has 0 atom stereocenters. The van der Waals surface area contributed by atoms with Crippen molar-refractivity contribution < 1.29 is 24.2 Å². The van der Waals surface area contributed by atoms with Gasteiger partial charge in [0.2, 0.25) is 0 Å². The summed E-state index contributed by atoms with van der Waals surface area (Å²) in [5.41, 5.74) is 1.46. The summed E-state index contributed by atoms with van der Waals surface area (Å²) in [6, 6.07) is 9.60. The van der Waals surface area contributed by atoms with Crippen LogP contribution in [0.25, 0.3) is 0 Å². The zero-order valence-electron chi connectivity index (χ0n) is 13.8. The molecule has 0 aromatic heterocycles. The SMILES string of the molecule is CCc1cc(OC)c(OC)cc1C(=O)Nc1ccccc1C(=O)O. The molecular formula is C18H19NO5. The molecule has 0 spiro atoms. The third-order valence-electron chi connectivity index (χ3n) is 3.64. The number of aromatic carboxylic acids is 1. The van der Waals surface area contributed by atoms with Crippen LogP contribution in [0, 0.1) is 0 Å². The second kappa shape index (κ2) is 7.50. The topological polar surface area (TPSA) is 84.9 Å². The van der Waals surface area contributed by atoms with Crippen LogP contribution in [0.2, 0.25) is 0 Å². The maximum Gasteiger partial charge on any atom is 0.337 e. The van der Waals surface area contributed by atoms with Crippen LogP contribution in [0.1, 0.15) is 33.2 Å². The summed E-state index contributed by atoms with van der Waals surface area (Å²) in [6.45, 7) is 1.92. The van der Waals surface area contributed by atoms with Crippen molar-refractivity contribution in [2.45, 2.75) is 13.3 Å². The molecule has 0 radical (unpaired) electrons. The van der Waals surface area contributed by atoms with Crippen LogP contribution in [0.15, 0.2) is 36.4 Å². The lowest BCUT2D eigenvalue weighted by atomic mass is 10.0. The van der Waals surface area contributed by atoms with E-state index in [1.165, 1.54) is 20.3 Å². The Morgan fingerprint density at radius 1 is 1.04 bits per heavy atom. The number of benzene rings is 2. The number of ether oxygens (including phenoxy) is 2. The van der Waals surface area contributed by atoms with Crippen LogP contribution >= 0.6 is 0 Å². The highest BCUT2D eigenvalue weighted by Crippen LogP contribution is 2.31. The van der Waals surface area contributed by atoms with Crippen LogP contribution in [0.3, 0.4) is 0 Å². The van der Waals surface area contributed by atoms with Crippen LogP contribution in [-0.4, -0.2) is 31.2 Å². The first-order chi connectivity index (χ1) is 11.5. The van der Waals surface area contributed by atoms with Crippen LogP contribution in [-0.2, 0) is 6.42 Å². The van der Waals surface area contributed by atoms with Crippen LogP contribution < -0.4 is 14.8 Å². The predicted molar refractivity (Wildman–Crippen MR) is 90.3 cm³/mol. The fourth-order valence-corrected chi connectivity index (χ4v) is 2.39. The van der Waals surface area contributed by atoms with E-state index in [-0.39, 0.29) is 11.3 Å². The number of carbonyl (C=O) groups is 2. The standard InChI is InChI=1S/C18H19NO5/c1-4-11-9-15(23-2)16(24-3)10-13(11)17(20)19-14-8-6-5-7-12(14)18(21)22/h5-10H,4H2,1-3H3,(H,19,20)(H,21,22). The Bertz CT molecular complexity index is 770. The van der Waals surface area contributed by atoms with Gasteiger partial charge in [-0.2, -0.15) is 0 Å². The maximum absolute atomic E-state index is 12.6. The van der Waals surface area contributed by atoms with E-state index in [0.717, 1.165) is 5.56 Å².